The van der Waals surface area contributed by atoms with E-state index in [0.717, 1.165) is 27.8 Å². The third-order valence-corrected chi connectivity index (χ3v) is 5.91. The van der Waals surface area contributed by atoms with Crippen molar-refractivity contribution in [2.45, 2.75) is 13.0 Å². The minimum Gasteiger partial charge on any atom is -0.497 e. The van der Waals surface area contributed by atoms with Gasteiger partial charge in [0, 0.05) is 25.6 Å². The van der Waals surface area contributed by atoms with Gasteiger partial charge in [0.15, 0.2) is 0 Å². The molecule has 3 heterocycles. The van der Waals surface area contributed by atoms with Crippen molar-refractivity contribution >= 4 is 17.2 Å². The standard InChI is InChI=1S/C22H21N5O2S/c1-14-19(30-22(25-14)17-6-4-5-11-23-17)21(28)26-18(20-24-12-13-27(20)2)15-7-9-16(29-3)10-8-15/h4-13,18H,1-3H3,(H,26,28). The topological polar surface area (TPSA) is 81.9 Å². The SMILES string of the molecule is COc1ccc(C(NC(=O)c2sc(-c3ccccn3)nc2C)c2nccn2C)cc1. The number of aryl methyl sites for hydroxylation is 2. The lowest BCUT2D eigenvalue weighted by atomic mass is 10.1. The number of thiazole rings is 1. The molecular weight excluding hydrogens is 398 g/mol. The highest BCUT2D eigenvalue weighted by atomic mass is 32.1. The van der Waals surface area contributed by atoms with Crippen LogP contribution in [0.5, 0.6) is 5.75 Å². The molecule has 4 aromatic rings. The minimum absolute atomic E-state index is 0.198. The molecule has 0 aliphatic heterocycles. The molecule has 3 aromatic heterocycles. The molecule has 1 aromatic carbocycles. The lowest BCUT2D eigenvalue weighted by Gasteiger charge is -2.19. The predicted molar refractivity (Wildman–Crippen MR) is 116 cm³/mol. The van der Waals surface area contributed by atoms with E-state index in [-0.39, 0.29) is 5.91 Å². The van der Waals surface area contributed by atoms with Gasteiger partial charge in [-0.25, -0.2) is 9.97 Å². The first-order valence-electron chi connectivity index (χ1n) is 9.37. The molecule has 1 unspecified atom stereocenters. The quantitative estimate of drug-likeness (QED) is 0.514. The fourth-order valence-corrected chi connectivity index (χ4v) is 4.10. The van der Waals surface area contributed by atoms with Gasteiger partial charge in [-0.15, -0.1) is 11.3 Å². The molecule has 0 bridgehead atoms. The van der Waals surface area contributed by atoms with Crippen molar-refractivity contribution in [1.29, 1.82) is 0 Å². The van der Waals surface area contributed by atoms with Crippen molar-refractivity contribution in [3.05, 3.63) is 83.0 Å². The Bertz CT molecular complexity index is 1150. The number of hydrogen-bond donors (Lipinski definition) is 1. The second-order valence-corrected chi connectivity index (χ2v) is 7.72. The van der Waals surface area contributed by atoms with Crippen LogP contribution in [0.2, 0.25) is 0 Å². The second-order valence-electron chi connectivity index (χ2n) is 6.72. The number of nitrogens with zero attached hydrogens (tertiary/aromatic N) is 4. The van der Waals surface area contributed by atoms with Crippen LogP contribution in [0.15, 0.2) is 61.1 Å². The molecule has 0 aliphatic carbocycles. The molecule has 0 fully saturated rings. The molecule has 152 valence electrons. The summed E-state index contributed by atoms with van der Waals surface area (Å²) in [6.07, 6.45) is 5.29. The average Bonchev–Trinajstić information content (AvgIpc) is 3.38. The number of pyridine rings is 1. The molecule has 0 aliphatic rings. The maximum absolute atomic E-state index is 13.2. The lowest BCUT2D eigenvalue weighted by molar-refractivity contribution is 0.0944. The zero-order valence-electron chi connectivity index (χ0n) is 16.9. The van der Waals surface area contributed by atoms with Crippen LogP contribution in [0.25, 0.3) is 10.7 Å². The molecule has 1 N–H and O–H groups in total. The predicted octanol–water partition coefficient (Wildman–Crippen LogP) is 3.78. The molecule has 1 amide bonds. The highest BCUT2D eigenvalue weighted by Crippen LogP contribution is 2.28. The van der Waals surface area contributed by atoms with Crippen LogP contribution < -0.4 is 10.1 Å². The molecule has 8 heteroatoms. The fraction of sp³-hybridized carbons (Fsp3) is 0.182. The van der Waals surface area contributed by atoms with E-state index in [2.05, 4.69) is 20.3 Å². The van der Waals surface area contributed by atoms with Gasteiger partial charge < -0.3 is 14.6 Å². The number of methoxy groups -OCH3 is 1. The number of carbonyl (C=O) groups is 1. The molecule has 0 radical (unpaired) electrons. The Morgan fingerprint density at radius 2 is 1.93 bits per heavy atom. The summed E-state index contributed by atoms with van der Waals surface area (Å²) < 4.78 is 7.15. The van der Waals surface area contributed by atoms with Crippen molar-refractivity contribution in [2.24, 2.45) is 7.05 Å². The smallest absolute Gasteiger partial charge is 0.264 e. The van der Waals surface area contributed by atoms with Gasteiger partial charge in [-0.1, -0.05) is 18.2 Å². The Kier molecular flexibility index (Phi) is 5.58. The summed E-state index contributed by atoms with van der Waals surface area (Å²) in [5.41, 5.74) is 2.33. The molecule has 1 atom stereocenters. The fourth-order valence-electron chi connectivity index (χ4n) is 3.15. The van der Waals surface area contributed by atoms with Crippen LogP contribution in [0.1, 0.15) is 32.8 Å². The van der Waals surface area contributed by atoms with Crippen molar-refractivity contribution in [3.8, 4) is 16.5 Å². The summed E-state index contributed by atoms with van der Waals surface area (Å²) in [6.45, 7) is 1.83. The Morgan fingerprint density at radius 1 is 1.13 bits per heavy atom. The first kappa shape index (κ1) is 19.8. The van der Waals surface area contributed by atoms with E-state index in [0.29, 0.717) is 10.6 Å². The molecule has 0 saturated heterocycles. The number of carbonyl (C=O) groups excluding carboxylic acids is 1. The van der Waals surface area contributed by atoms with E-state index in [9.17, 15) is 4.79 Å². The molecule has 0 spiro atoms. The average molecular weight is 420 g/mol. The number of aromatic nitrogens is 4. The number of hydrogen-bond acceptors (Lipinski definition) is 6. The van der Waals surface area contributed by atoms with Gasteiger partial charge in [-0.3, -0.25) is 9.78 Å². The van der Waals surface area contributed by atoms with Crippen molar-refractivity contribution in [2.75, 3.05) is 7.11 Å². The highest BCUT2D eigenvalue weighted by molar-refractivity contribution is 7.17. The van der Waals surface area contributed by atoms with Crippen LogP contribution in [0, 0.1) is 6.92 Å². The monoisotopic (exact) mass is 419 g/mol. The van der Waals surface area contributed by atoms with Crippen molar-refractivity contribution < 1.29 is 9.53 Å². The molecular formula is C22H21N5O2S. The van der Waals surface area contributed by atoms with E-state index >= 15 is 0 Å². The molecule has 7 nitrogen and oxygen atoms in total. The summed E-state index contributed by atoms with van der Waals surface area (Å²) in [7, 11) is 3.53. The second kappa shape index (κ2) is 8.46. The third-order valence-electron chi connectivity index (χ3n) is 4.73. The van der Waals surface area contributed by atoms with Gasteiger partial charge in [0.1, 0.15) is 27.5 Å². The Balaban J connectivity index is 1.65. The molecule has 4 rings (SSSR count). The van der Waals surface area contributed by atoms with Gasteiger partial charge in [0.05, 0.1) is 18.5 Å². The van der Waals surface area contributed by atoms with Crippen LogP contribution in [0.4, 0.5) is 0 Å². The normalized spacial score (nSPS) is 11.8. The number of benzene rings is 1. The van der Waals surface area contributed by atoms with E-state index in [4.69, 9.17) is 4.74 Å². The van der Waals surface area contributed by atoms with E-state index < -0.39 is 6.04 Å². The summed E-state index contributed by atoms with van der Waals surface area (Å²) in [5, 5.41) is 3.84. The summed E-state index contributed by atoms with van der Waals surface area (Å²) >= 11 is 1.33. The zero-order valence-corrected chi connectivity index (χ0v) is 17.7. The number of rotatable bonds is 6. The van der Waals surface area contributed by atoms with E-state index in [1.54, 1.807) is 19.5 Å². The van der Waals surface area contributed by atoms with Crippen molar-refractivity contribution in [3.63, 3.8) is 0 Å². The first-order chi connectivity index (χ1) is 14.6. The van der Waals surface area contributed by atoms with Crippen LogP contribution >= 0.6 is 11.3 Å². The lowest BCUT2D eigenvalue weighted by Crippen LogP contribution is -2.31. The number of imidazole rings is 1. The van der Waals surface area contributed by atoms with E-state index in [1.807, 2.05) is 67.2 Å². The van der Waals surface area contributed by atoms with Gasteiger partial charge in [-0.2, -0.15) is 0 Å². The Labute approximate surface area is 178 Å². The van der Waals surface area contributed by atoms with Gasteiger partial charge in [-0.05, 0) is 36.8 Å². The number of nitrogens with one attached hydrogen (secondary N) is 1. The summed E-state index contributed by atoms with van der Waals surface area (Å²) in [6, 6.07) is 12.8. The first-order valence-corrected chi connectivity index (χ1v) is 10.2. The van der Waals surface area contributed by atoms with E-state index in [1.165, 1.54) is 11.3 Å². The summed E-state index contributed by atoms with van der Waals surface area (Å²) in [4.78, 5) is 27.1. The van der Waals surface area contributed by atoms with Gasteiger partial charge in [0.25, 0.3) is 5.91 Å². The Morgan fingerprint density at radius 3 is 2.57 bits per heavy atom. The zero-order chi connectivity index (χ0) is 21.1. The molecule has 30 heavy (non-hydrogen) atoms. The van der Waals surface area contributed by atoms with Crippen LogP contribution in [-0.2, 0) is 7.05 Å². The van der Waals surface area contributed by atoms with Gasteiger partial charge >= 0.3 is 0 Å². The Hall–Kier alpha value is -3.52. The van der Waals surface area contributed by atoms with Crippen LogP contribution in [-0.4, -0.2) is 32.5 Å². The number of amides is 1. The largest absolute Gasteiger partial charge is 0.497 e. The third kappa shape index (κ3) is 3.95. The maximum atomic E-state index is 13.2. The molecule has 0 saturated carbocycles. The van der Waals surface area contributed by atoms with Crippen molar-refractivity contribution in [1.82, 2.24) is 24.8 Å². The number of ether oxygens (including phenoxy) is 1. The highest BCUT2D eigenvalue weighted by Gasteiger charge is 2.24. The summed E-state index contributed by atoms with van der Waals surface area (Å²) in [5.74, 6) is 1.29. The minimum atomic E-state index is -0.414. The maximum Gasteiger partial charge on any atom is 0.264 e. The van der Waals surface area contributed by atoms with Gasteiger partial charge in [0.2, 0.25) is 0 Å². The van der Waals surface area contributed by atoms with Crippen LogP contribution in [0.3, 0.4) is 0 Å².